The van der Waals surface area contributed by atoms with Crippen LogP contribution >= 0.6 is 11.6 Å². The number of hydrogen-bond donors (Lipinski definition) is 0. The molecule has 0 atom stereocenters. The first-order valence-corrected chi connectivity index (χ1v) is 8.66. The number of nitrogens with zero attached hydrogens (tertiary/aromatic N) is 6. The minimum Gasteiger partial charge on any atom is -0.274 e. The molecule has 124 valence electrons. The van der Waals surface area contributed by atoms with Gasteiger partial charge in [0.1, 0.15) is 5.69 Å². The molecule has 3 aromatic rings. The number of aryl methyl sites for hydroxylation is 1. The van der Waals surface area contributed by atoms with Gasteiger partial charge in [-0.25, -0.2) is 9.67 Å². The Kier molecular flexibility index (Phi) is 4.06. The van der Waals surface area contributed by atoms with Crippen LogP contribution in [-0.2, 0) is 7.05 Å². The summed E-state index contributed by atoms with van der Waals surface area (Å²) in [5.74, 6) is 1.44. The van der Waals surface area contributed by atoms with Crippen LogP contribution in [0.2, 0.25) is 5.02 Å². The second-order valence-electron chi connectivity index (χ2n) is 6.23. The van der Waals surface area contributed by atoms with Gasteiger partial charge in [-0.05, 0) is 25.0 Å². The molecular formula is C17H19ClN6. The minimum atomic E-state index is 0.356. The predicted molar refractivity (Wildman–Crippen MR) is 92.6 cm³/mol. The molecule has 24 heavy (non-hydrogen) atoms. The Hall–Kier alpha value is -2.21. The van der Waals surface area contributed by atoms with Crippen molar-refractivity contribution >= 4 is 11.6 Å². The van der Waals surface area contributed by atoms with Crippen molar-refractivity contribution in [3.05, 3.63) is 35.7 Å². The molecule has 1 aliphatic rings. The maximum atomic E-state index is 6.37. The second-order valence-corrected chi connectivity index (χ2v) is 6.64. The Morgan fingerprint density at radius 1 is 1.08 bits per heavy atom. The molecule has 0 spiro atoms. The molecule has 0 amide bonds. The predicted octanol–water partition coefficient (Wildman–Crippen LogP) is 3.90. The fraction of sp³-hybridized carbons (Fsp3) is 0.412. The van der Waals surface area contributed by atoms with Gasteiger partial charge in [-0.2, -0.15) is 10.2 Å². The van der Waals surface area contributed by atoms with Gasteiger partial charge in [-0.1, -0.05) is 30.9 Å². The molecule has 0 N–H and O–H groups in total. The molecule has 0 saturated heterocycles. The fourth-order valence-corrected chi connectivity index (χ4v) is 3.56. The Morgan fingerprint density at radius 2 is 1.83 bits per heavy atom. The summed E-state index contributed by atoms with van der Waals surface area (Å²) in [6.07, 6.45) is 11.3. The summed E-state index contributed by atoms with van der Waals surface area (Å²) in [5, 5.41) is 9.89. The number of hydrogen-bond acceptors (Lipinski definition) is 4. The molecule has 0 radical (unpaired) electrons. The maximum absolute atomic E-state index is 6.37. The third-order valence-corrected chi connectivity index (χ3v) is 4.76. The first-order chi connectivity index (χ1) is 11.7. The standard InChI is InChI=1S/C17H19ClN6/c1-23-11-14(18)15(21-23)17-20-16(12-7-9-19-10-8-12)22-24(17)13-5-3-2-4-6-13/h7-11,13H,2-6H2,1H3. The van der Waals surface area contributed by atoms with E-state index in [1.165, 1.54) is 19.3 Å². The molecule has 0 aliphatic heterocycles. The van der Waals surface area contributed by atoms with Gasteiger partial charge in [0.05, 0.1) is 11.1 Å². The molecule has 1 saturated carbocycles. The van der Waals surface area contributed by atoms with Crippen LogP contribution in [0.15, 0.2) is 30.7 Å². The Labute approximate surface area is 145 Å². The molecule has 3 aromatic heterocycles. The molecule has 1 aliphatic carbocycles. The molecule has 4 rings (SSSR count). The van der Waals surface area contributed by atoms with Crippen molar-refractivity contribution in [1.29, 1.82) is 0 Å². The van der Waals surface area contributed by atoms with E-state index in [-0.39, 0.29) is 0 Å². The van der Waals surface area contributed by atoms with E-state index in [1.54, 1.807) is 23.3 Å². The average molecular weight is 343 g/mol. The molecule has 3 heterocycles. The Balaban J connectivity index is 1.83. The van der Waals surface area contributed by atoms with Crippen LogP contribution in [0.3, 0.4) is 0 Å². The smallest absolute Gasteiger partial charge is 0.181 e. The summed E-state index contributed by atoms with van der Waals surface area (Å²) < 4.78 is 3.74. The molecule has 7 heteroatoms. The molecular weight excluding hydrogens is 324 g/mol. The van der Waals surface area contributed by atoms with Crippen LogP contribution in [0.4, 0.5) is 0 Å². The zero-order chi connectivity index (χ0) is 16.5. The van der Waals surface area contributed by atoms with Crippen LogP contribution in [0, 0.1) is 0 Å². The number of rotatable bonds is 3. The zero-order valence-electron chi connectivity index (χ0n) is 13.6. The van der Waals surface area contributed by atoms with Crippen molar-refractivity contribution in [3.63, 3.8) is 0 Å². The minimum absolute atomic E-state index is 0.356. The van der Waals surface area contributed by atoms with Gasteiger partial charge >= 0.3 is 0 Å². The lowest BCUT2D eigenvalue weighted by atomic mass is 9.95. The number of pyridine rings is 1. The van der Waals surface area contributed by atoms with Gasteiger partial charge < -0.3 is 0 Å². The molecule has 0 unspecified atom stereocenters. The summed E-state index contributed by atoms with van der Waals surface area (Å²) in [5.41, 5.74) is 1.64. The van der Waals surface area contributed by atoms with Gasteiger partial charge in [0.25, 0.3) is 0 Å². The van der Waals surface area contributed by atoms with Crippen molar-refractivity contribution < 1.29 is 0 Å². The van der Waals surface area contributed by atoms with Crippen molar-refractivity contribution in [2.75, 3.05) is 0 Å². The first kappa shape index (κ1) is 15.3. The maximum Gasteiger partial charge on any atom is 0.181 e. The normalized spacial score (nSPS) is 15.8. The quantitative estimate of drug-likeness (QED) is 0.724. The highest BCUT2D eigenvalue weighted by atomic mass is 35.5. The fourth-order valence-electron chi connectivity index (χ4n) is 3.30. The highest BCUT2D eigenvalue weighted by Gasteiger charge is 2.25. The van der Waals surface area contributed by atoms with Gasteiger partial charge in [-0.3, -0.25) is 9.67 Å². The summed E-state index contributed by atoms with van der Waals surface area (Å²) in [7, 11) is 1.86. The van der Waals surface area contributed by atoms with E-state index >= 15 is 0 Å². The summed E-state index contributed by atoms with van der Waals surface area (Å²) in [4.78, 5) is 8.83. The van der Waals surface area contributed by atoms with Crippen molar-refractivity contribution in [3.8, 4) is 22.9 Å². The van der Waals surface area contributed by atoms with Crippen LogP contribution in [0.25, 0.3) is 22.9 Å². The summed E-state index contributed by atoms with van der Waals surface area (Å²) >= 11 is 6.37. The highest BCUT2D eigenvalue weighted by Crippen LogP contribution is 2.34. The van der Waals surface area contributed by atoms with Gasteiger partial charge in [0, 0.05) is 31.2 Å². The van der Waals surface area contributed by atoms with Gasteiger partial charge in [0.2, 0.25) is 0 Å². The topological polar surface area (TPSA) is 61.4 Å². The van der Waals surface area contributed by atoms with E-state index in [4.69, 9.17) is 21.7 Å². The molecule has 0 aromatic carbocycles. The van der Waals surface area contributed by atoms with E-state index in [0.29, 0.717) is 22.6 Å². The van der Waals surface area contributed by atoms with Crippen molar-refractivity contribution in [2.45, 2.75) is 38.1 Å². The van der Waals surface area contributed by atoms with Crippen LogP contribution in [0.5, 0.6) is 0 Å². The number of aromatic nitrogens is 6. The average Bonchev–Trinajstić information content (AvgIpc) is 3.19. The highest BCUT2D eigenvalue weighted by molar-refractivity contribution is 6.32. The molecule has 0 bridgehead atoms. The van der Waals surface area contributed by atoms with Gasteiger partial charge in [-0.15, -0.1) is 0 Å². The van der Waals surface area contributed by atoms with E-state index in [0.717, 1.165) is 24.2 Å². The van der Waals surface area contributed by atoms with E-state index in [1.807, 2.05) is 23.9 Å². The number of halogens is 1. The molecule has 6 nitrogen and oxygen atoms in total. The Bertz CT molecular complexity index is 832. The summed E-state index contributed by atoms with van der Waals surface area (Å²) in [6.45, 7) is 0. The summed E-state index contributed by atoms with van der Waals surface area (Å²) in [6, 6.07) is 4.20. The van der Waals surface area contributed by atoms with Crippen LogP contribution in [0.1, 0.15) is 38.1 Å². The third-order valence-electron chi connectivity index (χ3n) is 4.49. The van der Waals surface area contributed by atoms with E-state index in [2.05, 4.69) is 10.1 Å². The molecule has 1 fully saturated rings. The largest absolute Gasteiger partial charge is 0.274 e. The van der Waals surface area contributed by atoms with Crippen molar-refractivity contribution in [2.24, 2.45) is 7.05 Å². The van der Waals surface area contributed by atoms with Crippen molar-refractivity contribution in [1.82, 2.24) is 29.5 Å². The lowest BCUT2D eigenvalue weighted by Crippen LogP contribution is -2.15. The third kappa shape index (κ3) is 2.82. The lowest BCUT2D eigenvalue weighted by Gasteiger charge is -2.22. The van der Waals surface area contributed by atoms with Gasteiger partial charge in [0.15, 0.2) is 11.6 Å². The SMILES string of the molecule is Cn1cc(Cl)c(-c2nc(-c3ccncc3)nn2C2CCCCC2)n1. The van der Waals surface area contributed by atoms with Crippen LogP contribution in [-0.4, -0.2) is 29.5 Å². The lowest BCUT2D eigenvalue weighted by molar-refractivity contribution is 0.332. The monoisotopic (exact) mass is 342 g/mol. The first-order valence-electron chi connectivity index (χ1n) is 8.29. The second kappa shape index (κ2) is 6.36. The van der Waals surface area contributed by atoms with E-state index < -0.39 is 0 Å². The van der Waals surface area contributed by atoms with E-state index in [9.17, 15) is 0 Å². The Morgan fingerprint density at radius 3 is 2.50 bits per heavy atom. The zero-order valence-corrected chi connectivity index (χ0v) is 14.3. The van der Waals surface area contributed by atoms with Crippen LogP contribution < -0.4 is 0 Å².